The number of rotatable bonds is 3. The van der Waals surface area contributed by atoms with Crippen LogP contribution in [0.5, 0.6) is 0 Å². The molecule has 1 aromatic carbocycles. The molecule has 1 saturated heterocycles. The van der Waals surface area contributed by atoms with E-state index in [-0.39, 0.29) is 11.5 Å². The molecule has 1 amide bonds. The standard InChI is InChI=1S/C16H17N3O3/c20-15(12-2-1-3-13(8-12)16(21)22)19-6-4-11(5-7-19)14-9-17-18-10-14/h1-3,8-11H,4-7H2,(H,17,18)(H,21,22). The second kappa shape index (κ2) is 6.01. The van der Waals surface area contributed by atoms with Crippen molar-refractivity contribution in [3.05, 3.63) is 53.3 Å². The second-order valence-corrected chi connectivity index (χ2v) is 5.48. The fourth-order valence-electron chi connectivity index (χ4n) is 2.87. The molecular formula is C16H17N3O3. The molecule has 0 aliphatic carbocycles. The van der Waals surface area contributed by atoms with Crippen LogP contribution in [0.2, 0.25) is 0 Å². The van der Waals surface area contributed by atoms with E-state index >= 15 is 0 Å². The summed E-state index contributed by atoms with van der Waals surface area (Å²) in [7, 11) is 0. The van der Waals surface area contributed by atoms with Gasteiger partial charge < -0.3 is 10.0 Å². The normalized spacial score (nSPS) is 15.7. The number of carbonyl (C=O) groups is 2. The lowest BCUT2D eigenvalue weighted by Gasteiger charge is -2.31. The van der Waals surface area contributed by atoms with Gasteiger partial charge in [-0.3, -0.25) is 9.89 Å². The van der Waals surface area contributed by atoms with Crippen molar-refractivity contribution in [1.82, 2.24) is 15.1 Å². The molecular weight excluding hydrogens is 282 g/mol. The van der Waals surface area contributed by atoms with Crippen LogP contribution in [0.4, 0.5) is 0 Å². The van der Waals surface area contributed by atoms with Crippen LogP contribution in [-0.2, 0) is 0 Å². The predicted molar refractivity (Wildman–Crippen MR) is 79.9 cm³/mol. The molecule has 114 valence electrons. The molecule has 0 unspecified atom stereocenters. The Balaban J connectivity index is 1.67. The van der Waals surface area contributed by atoms with Gasteiger partial charge in [0.2, 0.25) is 0 Å². The van der Waals surface area contributed by atoms with Crippen molar-refractivity contribution in [3.63, 3.8) is 0 Å². The number of carbonyl (C=O) groups excluding carboxylic acids is 1. The summed E-state index contributed by atoms with van der Waals surface area (Å²) < 4.78 is 0. The fourth-order valence-corrected chi connectivity index (χ4v) is 2.87. The maximum Gasteiger partial charge on any atom is 0.335 e. The van der Waals surface area contributed by atoms with Gasteiger partial charge in [0, 0.05) is 24.8 Å². The van der Waals surface area contributed by atoms with E-state index < -0.39 is 5.97 Å². The molecule has 2 aromatic rings. The van der Waals surface area contributed by atoms with E-state index in [9.17, 15) is 9.59 Å². The molecule has 0 spiro atoms. The van der Waals surface area contributed by atoms with Gasteiger partial charge in [0.15, 0.2) is 0 Å². The Hall–Kier alpha value is -2.63. The van der Waals surface area contributed by atoms with Crippen LogP contribution < -0.4 is 0 Å². The van der Waals surface area contributed by atoms with E-state index in [0.29, 0.717) is 24.6 Å². The van der Waals surface area contributed by atoms with Crippen molar-refractivity contribution in [3.8, 4) is 0 Å². The van der Waals surface area contributed by atoms with Gasteiger partial charge in [-0.2, -0.15) is 5.10 Å². The zero-order chi connectivity index (χ0) is 15.5. The van der Waals surface area contributed by atoms with Crippen LogP contribution in [0, 0.1) is 0 Å². The molecule has 0 bridgehead atoms. The quantitative estimate of drug-likeness (QED) is 0.909. The van der Waals surface area contributed by atoms with Crippen LogP contribution in [0.15, 0.2) is 36.7 Å². The number of aromatic amines is 1. The highest BCUT2D eigenvalue weighted by Crippen LogP contribution is 2.27. The first-order valence-electron chi connectivity index (χ1n) is 7.26. The molecule has 0 atom stereocenters. The van der Waals surface area contributed by atoms with E-state index in [2.05, 4.69) is 10.2 Å². The summed E-state index contributed by atoms with van der Waals surface area (Å²) >= 11 is 0. The lowest BCUT2D eigenvalue weighted by Crippen LogP contribution is -2.37. The SMILES string of the molecule is O=C(O)c1cccc(C(=O)N2CCC(c3cn[nH]c3)CC2)c1. The molecule has 6 heteroatoms. The van der Waals surface area contributed by atoms with Gasteiger partial charge in [-0.25, -0.2) is 4.79 Å². The zero-order valence-electron chi connectivity index (χ0n) is 12.0. The summed E-state index contributed by atoms with van der Waals surface area (Å²) in [5.41, 5.74) is 1.75. The number of hydrogen-bond donors (Lipinski definition) is 2. The topological polar surface area (TPSA) is 86.3 Å². The maximum absolute atomic E-state index is 12.5. The largest absolute Gasteiger partial charge is 0.478 e. The van der Waals surface area contributed by atoms with Crippen LogP contribution in [0.25, 0.3) is 0 Å². The molecule has 1 fully saturated rings. The van der Waals surface area contributed by atoms with Gasteiger partial charge in [0.1, 0.15) is 0 Å². The van der Waals surface area contributed by atoms with Crippen molar-refractivity contribution in [2.45, 2.75) is 18.8 Å². The minimum Gasteiger partial charge on any atom is -0.478 e. The number of aromatic nitrogens is 2. The van der Waals surface area contributed by atoms with Crippen molar-refractivity contribution in [2.24, 2.45) is 0 Å². The summed E-state index contributed by atoms with van der Waals surface area (Å²) in [5, 5.41) is 15.8. The predicted octanol–water partition coefficient (Wildman–Crippen LogP) is 2.13. The number of amides is 1. The number of carboxylic acid groups (broad SMARTS) is 1. The Kier molecular flexibility index (Phi) is 3.91. The Bertz CT molecular complexity index is 674. The van der Waals surface area contributed by atoms with E-state index in [1.165, 1.54) is 17.7 Å². The van der Waals surface area contributed by atoms with Gasteiger partial charge in [0.05, 0.1) is 11.8 Å². The highest BCUT2D eigenvalue weighted by atomic mass is 16.4. The average molecular weight is 299 g/mol. The van der Waals surface area contributed by atoms with Gasteiger partial charge >= 0.3 is 5.97 Å². The van der Waals surface area contributed by atoms with Gasteiger partial charge in [-0.05, 0) is 42.5 Å². The summed E-state index contributed by atoms with van der Waals surface area (Å²) in [6.45, 7) is 1.35. The van der Waals surface area contributed by atoms with E-state index in [0.717, 1.165) is 12.8 Å². The Morgan fingerprint density at radius 3 is 2.59 bits per heavy atom. The molecule has 0 radical (unpaired) electrons. The van der Waals surface area contributed by atoms with Crippen LogP contribution >= 0.6 is 0 Å². The van der Waals surface area contributed by atoms with Crippen molar-refractivity contribution < 1.29 is 14.7 Å². The molecule has 3 rings (SSSR count). The minimum absolute atomic E-state index is 0.103. The first kappa shape index (κ1) is 14.3. The fraction of sp³-hybridized carbons (Fsp3) is 0.312. The second-order valence-electron chi connectivity index (χ2n) is 5.48. The third kappa shape index (κ3) is 2.86. The van der Waals surface area contributed by atoms with Gasteiger partial charge in [-0.1, -0.05) is 6.07 Å². The minimum atomic E-state index is -1.02. The highest BCUT2D eigenvalue weighted by molar-refractivity contribution is 5.97. The summed E-state index contributed by atoms with van der Waals surface area (Å²) in [5.74, 6) is -0.699. The summed E-state index contributed by atoms with van der Waals surface area (Å²) in [6, 6.07) is 6.20. The smallest absolute Gasteiger partial charge is 0.335 e. The molecule has 22 heavy (non-hydrogen) atoms. The molecule has 6 nitrogen and oxygen atoms in total. The van der Waals surface area contributed by atoms with E-state index in [1.807, 2.05) is 12.4 Å². The first-order chi connectivity index (χ1) is 10.6. The number of carboxylic acids is 1. The van der Waals surface area contributed by atoms with Crippen LogP contribution in [0.3, 0.4) is 0 Å². The Labute approximate surface area is 127 Å². The Morgan fingerprint density at radius 2 is 1.95 bits per heavy atom. The molecule has 0 saturated carbocycles. The molecule has 2 heterocycles. The molecule has 1 aliphatic rings. The monoisotopic (exact) mass is 299 g/mol. The molecule has 1 aliphatic heterocycles. The van der Waals surface area contributed by atoms with E-state index in [4.69, 9.17) is 5.11 Å². The number of hydrogen-bond acceptors (Lipinski definition) is 3. The number of nitrogens with zero attached hydrogens (tertiary/aromatic N) is 2. The van der Waals surface area contributed by atoms with Crippen molar-refractivity contribution in [1.29, 1.82) is 0 Å². The summed E-state index contributed by atoms with van der Waals surface area (Å²) in [4.78, 5) is 25.3. The number of likely N-dealkylation sites (tertiary alicyclic amines) is 1. The first-order valence-corrected chi connectivity index (χ1v) is 7.26. The lowest BCUT2D eigenvalue weighted by molar-refractivity contribution is 0.0697. The Morgan fingerprint density at radius 1 is 1.23 bits per heavy atom. The number of aromatic carboxylic acids is 1. The molecule has 2 N–H and O–H groups in total. The maximum atomic E-state index is 12.5. The number of piperidine rings is 1. The number of benzene rings is 1. The van der Waals surface area contributed by atoms with Crippen molar-refractivity contribution >= 4 is 11.9 Å². The van der Waals surface area contributed by atoms with Gasteiger partial charge in [0.25, 0.3) is 5.91 Å². The van der Waals surface area contributed by atoms with Crippen molar-refractivity contribution in [2.75, 3.05) is 13.1 Å². The third-order valence-electron chi connectivity index (χ3n) is 4.13. The third-order valence-corrected chi connectivity index (χ3v) is 4.13. The van der Waals surface area contributed by atoms with Crippen LogP contribution in [-0.4, -0.2) is 45.2 Å². The van der Waals surface area contributed by atoms with Gasteiger partial charge in [-0.15, -0.1) is 0 Å². The van der Waals surface area contributed by atoms with Crippen LogP contribution in [0.1, 0.15) is 45.0 Å². The molecule has 1 aromatic heterocycles. The zero-order valence-corrected chi connectivity index (χ0v) is 12.0. The van der Waals surface area contributed by atoms with E-state index in [1.54, 1.807) is 17.0 Å². The highest BCUT2D eigenvalue weighted by Gasteiger charge is 2.25. The lowest BCUT2D eigenvalue weighted by atomic mass is 9.91. The summed E-state index contributed by atoms with van der Waals surface area (Å²) in [6.07, 6.45) is 5.52. The number of H-pyrrole nitrogens is 1. The average Bonchev–Trinajstić information content (AvgIpc) is 3.09. The number of nitrogens with one attached hydrogen (secondary N) is 1.